The van der Waals surface area contributed by atoms with Gasteiger partial charge in [-0.15, -0.1) is 0 Å². The fraction of sp³-hybridized carbons (Fsp3) is 0.789. The maximum absolute atomic E-state index is 11.4. The van der Waals surface area contributed by atoms with Gasteiger partial charge in [0, 0.05) is 13.3 Å². The van der Waals surface area contributed by atoms with Gasteiger partial charge in [-0.25, -0.2) is 0 Å². The third kappa shape index (κ3) is 16.9. The molecule has 0 saturated heterocycles. The number of ether oxygens (including phenoxy) is 1. The van der Waals surface area contributed by atoms with Crippen molar-refractivity contribution in [2.75, 3.05) is 6.61 Å². The van der Waals surface area contributed by atoms with E-state index >= 15 is 0 Å². The summed E-state index contributed by atoms with van der Waals surface area (Å²) in [5, 5.41) is 0. The van der Waals surface area contributed by atoms with Crippen molar-refractivity contribution in [2.24, 2.45) is 0 Å². The zero-order chi connectivity index (χ0) is 16.5. The van der Waals surface area contributed by atoms with Crippen molar-refractivity contribution in [3.8, 4) is 0 Å². The fourth-order valence-corrected chi connectivity index (χ4v) is 2.29. The Morgan fingerprint density at radius 1 is 0.818 bits per heavy atom. The summed E-state index contributed by atoms with van der Waals surface area (Å²) in [6, 6.07) is 0. The van der Waals surface area contributed by atoms with Crippen LogP contribution in [0.25, 0.3) is 0 Å². The van der Waals surface area contributed by atoms with Crippen LogP contribution in [-0.2, 0) is 14.3 Å². The van der Waals surface area contributed by atoms with E-state index < -0.39 is 0 Å². The molecule has 0 spiro atoms. The van der Waals surface area contributed by atoms with Gasteiger partial charge in [-0.3, -0.25) is 9.59 Å². The zero-order valence-electron chi connectivity index (χ0n) is 14.6. The van der Waals surface area contributed by atoms with Crippen molar-refractivity contribution >= 4 is 11.8 Å². The summed E-state index contributed by atoms with van der Waals surface area (Å²) in [5.74, 6) is -0.363. The van der Waals surface area contributed by atoms with Gasteiger partial charge in [0.1, 0.15) is 6.61 Å². The lowest BCUT2D eigenvalue weighted by molar-refractivity contribution is -0.145. The zero-order valence-corrected chi connectivity index (χ0v) is 14.6. The average Bonchev–Trinajstić information content (AvgIpc) is 2.49. The van der Waals surface area contributed by atoms with E-state index in [-0.39, 0.29) is 18.4 Å². The molecule has 0 amide bonds. The highest BCUT2D eigenvalue weighted by atomic mass is 16.5. The third-order valence-corrected chi connectivity index (χ3v) is 3.65. The van der Waals surface area contributed by atoms with E-state index in [1.807, 2.05) is 0 Å². The SMILES string of the molecule is CCCCCCCC/C=C/CCCCCC(=O)COC(C)=O. The first kappa shape index (κ1) is 20.9. The number of ketones is 1. The van der Waals surface area contributed by atoms with Gasteiger partial charge in [0.05, 0.1) is 0 Å². The number of hydrogen-bond acceptors (Lipinski definition) is 3. The molecular weight excluding hydrogens is 276 g/mol. The van der Waals surface area contributed by atoms with Crippen molar-refractivity contribution < 1.29 is 14.3 Å². The number of unbranched alkanes of at least 4 members (excludes halogenated alkanes) is 9. The molecule has 0 aliphatic heterocycles. The van der Waals surface area contributed by atoms with E-state index in [4.69, 9.17) is 0 Å². The van der Waals surface area contributed by atoms with Crippen LogP contribution in [0, 0.1) is 0 Å². The molecule has 0 aromatic rings. The number of rotatable bonds is 15. The van der Waals surface area contributed by atoms with E-state index in [0.29, 0.717) is 6.42 Å². The van der Waals surface area contributed by atoms with Crippen LogP contribution in [0.3, 0.4) is 0 Å². The van der Waals surface area contributed by atoms with Gasteiger partial charge in [0.2, 0.25) is 0 Å². The van der Waals surface area contributed by atoms with Crippen molar-refractivity contribution in [2.45, 2.75) is 90.9 Å². The monoisotopic (exact) mass is 310 g/mol. The Hall–Kier alpha value is -1.12. The van der Waals surface area contributed by atoms with Crippen LogP contribution in [0.4, 0.5) is 0 Å². The number of carbonyl (C=O) groups excluding carboxylic acids is 2. The van der Waals surface area contributed by atoms with E-state index in [1.54, 1.807) is 0 Å². The molecule has 0 rings (SSSR count). The van der Waals surface area contributed by atoms with Crippen LogP contribution in [0.15, 0.2) is 12.2 Å². The maximum Gasteiger partial charge on any atom is 0.303 e. The van der Waals surface area contributed by atoms with Gasteiger partial charge in [0.25, 0.3) is 0 Å². The summed E-state index contributed by atoms with van der Waals surface area (Å²) < 4.78 is 4.67. The van der Waals surface area contributed by atoms with Gasteiger partial charge in [-0.2, -0.15) is 0 Å². The molecule has 0 radical (unpaired) electrons. The summed E-state index contributed by atoms with van der Waals surface area (Å²) in [6.45, 7) is 3.51. The molecule has 0 N–H and O–H groups in total. The van der Waals surface area contributed by atoms with E-state index in [1.165, 1.54) is 51.9 Å². The Labute approximate surface area is 136 Å². The molecule has 0 unspecified atom stereocenters. The average molecular weight is 310 g/mol. The van der Waals surface area contributed by atoms with Crippen molar-refractivity contribution in [3.05, 3.63) is 12.2 Å². The molecule has 128 valence electrons. The quantitative estimate of drug-likeness (QED) is 0.232. The molecule has 3 nitrogen and oxygen atoms in total. The third-order valence-electron chi connectivity index (χ3n) is 3.65. The summed E-state index contributed by atoms with van der Waals surface area (Å²) >= 11 is 0. The lowest BCUT2D eigenvalue weighted by Crippen LogP contribution is -2.11. The lowest BCUT2D eigenvalue weighted by Gasteiger charge is -2.01. The Kier molecular flexibility index (Phi) is 15.4. The molecule has 0 bridgehead atoms. The van der Waals surface area contributed by atoms with Gasteiger partial charge in [-0.05, 0) is 32.1 Å². The Morgan fingerprint density at radius 3 is 1.95 bits per heavy atom. The number of Topliss-reactive ketones (excluding diaryl/α,β-unsaturated/α-hetero) is 1. The van der Waals surface area contributed by atoms with Gasteiger partial charge < -0.3 is 4.74 Å². The highest BCUT2D eigenvalue weighted by Crippen LogP contribution is 2.08. The van der Waals surface area contributed by atoms with Crippen LogP contribution in [-0.4, -0.2) is 18.4 Å². The summed E-state index contributed by atoms with van der Waals surface area (Å²) in [4.78, 5) is 21.9. The summed E-state index contributed by atoms with van der Waals surface area (Å²) in [6.07, 6.45) is 18.6. The molecule has 0 aliphatic rings. The molecule has 0 aromatic carbocycles. The summed E-state index contributed by atoms with van der Waals surface area (Å²) in [5.41, 5.74) is 0. The second-order valence-electron chi connectivity index (χ2n) is 5.95. The number of hydrogen-bond donors (Lipinski definition) is 0. The standard InChI is InChI=1S/C19H34O3/c1-3-4-5-6-7-8-9-10-11-12-13-14-15-16-19(21)17-22-18(2)20/h10-11H,3-9,12-17H2,1-2H3/b11-10+. The molecule has 0 atom stereocenters. The van der Waals surface area contributed by atoms with Gasteiger partial charge in [0.15, 0.2) is 5.78 Å². The predicted octanol–water partition coefficient (Wildman–Crippen LogP) is 5.38. The first-order chi connectivity index (χ1) is 10.7. The molecule has 0 heterocycles. The van der Waals surface area contributed by atoms with Crippen LogP contribution in [0.2, 0.25) is 0 Å². The molecular formula is C19H34O3. The Bertz CT molecular complexity index is 308. The minimum absolute atomic E-state index is 0.0221. The Morgan fingerprint density at radius 2 is 1.36 bits per heavy atom. The van der Waals surface area contributed by atoms with Crippen LogP contribution in [0.1, 0.15) is 90.9 Å². The van der Waals surface area contributed by atoms with E-state index in [2.05, 4.69) is 23.8 Å². The molecule has 0 aliphatic carbocycles. The maximum atomic E-state index is 11.4. The molecule has 3 heteroatoms. The predicted molar refractivity (Wildman–Crippen MR) is 91.9 cm³/mol. The largest absolute Gasteiger partial charge is 0.458 e. The smallest absolute Gasteiger partial charge is 0.303 e. The minimum atomic E-state index is -0.385. The highest BCUT2D eigenvalue weighted by molar-refractivity contribution is 5.81. The number of esters is 1. The van der Waals surface area contributed by atoms with E-state index in [9.17, 15) is 9.59 Å². The van der Waals surface area contributed by atoms with Crippen LogP contribution >= 0.6 is 0 Å². The van der Waals surface area contributed by atoms with Crippen molar-refractivity contribution in [1.29, 1.82) is 0 Å². The summed E-state index contributed by atoms with van der Waals surface area (Å²) in [7, 11) is 0. The number of allylic oxidation sites excluding steroid dienone is 2. The van der Waals surface area contributed by atoms with Crippen molar-refractivity contribution in [3.63, 3.8) is 0 Å². The normalized spacial score (nSPS) is 11.0. The molecule has 22 heavy (non-hydrogen) atoms. The highest BCUT2D eigenvalue weighted by Gasteiger charge is 2.03. The minimum Gasteiger partial charge on any atom is -0.458 e. The number of carbonyl (C=O) groups is 2. The first-order valence-corrected chi connectivity index (χ1v) is 8.97. The second kappa shape index (κ2) is 16.3. The second-order valence-corrected chi connectivity index (χ2v) is 5.95. The lowest BCUT2D eigenvalue weighted by atomic mass is 10.1. The van der Waals surface area contributed by atoms with Crippen LogP contribution in [0.5, 0.6) is 0 Å². The van der Waals surface area contributed by atoms with E-state index in [0.717, 1.165) is 25.7 Å². The first-order valence-electron chi connectivity index (χ1n) is 8.97. The molecule has 0 fully saturated rings. The van der Waals surface area contributed by atoms with Crippen molar-refractivity contribution in [1.82, 2.24) is 0 Å². The Balaban J connectivity index is 3.23. The topological polar surface area (TPSA) is 43.4 Å². The molecule has 0 saturated carbocycles. The molecule has 0 aromatic heterocycles. The van der Waals surface area contributed by atoms with Crippen LogP contribution < -0.4 is 0 Å². The fourth-order valence-electron chi connectivity index (χ4n) is 2.29. The van der Waals surface area contributed by atoms with Gasteiger partial charge in [-0.1, -0.05) is 57.6 Å². The van der Waals surface area contributed by atoms with Gasteiger partial charge >= 0.3 is 5.97 Å².